The third-order valence-corrected chi connectivity index (χ3v) is 6.39. The molecule has 0 fully saturated rings. The van der Waals surface area contributed by atoms with E-state index in [2.05, 4.69) is 93.5 Å². The Kier molecular flexibility index (Phi) is 9.63. The number of benzene rings is 3. The lowest BCUT2D eigenvalue weighted by Gasteiger charge is -2.13. The minimum absolute atomic E-state index is 0.652. The third-order valence-electron chi connectivity index (χ3n) is 5.15. The molecular formula is C28H28Br2O2. The summed E-state index contributed by atoms with van der Waals surface area (Å²) in [6, 6.07) is 20.9. The van der Waals surface area contributed by atoms with Crippen molar-refractivity contribution >= 4 is 44.0 Å². The molecule has 32 heavy (non-hydrogen) atoms. The molecule has 0 saturated heterocycles. The first kappa shape index (κ1) is 24.3. The van der Waals surface area contributed by atoms with E-state index in [0.29, 0.717) is 13.2 Å². The van der Waals surface area contributed by atoms with E-state index in [-0.39, 0.29) is 0 Å². The van der Waals surface area contributed by atoms with Crippen LogP contribution in [0, 0.1) is 0 Å². The number of rotatable bonds is 12. The molecule has 3 rings (SSSR count). The van der Waals surface area contributed by atoms with Crippen LogP contribution in [0.4, 0.5) is 0 Å². The van der Waals surface area contributed by atoms with E-state index < -0.39 is 0 Å². The zero-order valence-corrected chi connectivity index (χ0v) is 21.3. The Balaban J connectivity index is 1.43. The minimum Gasteiger partial charge on any atom is -0.492 e. The molecule has 0 unspecified atom stereocenters. The van der Waals surface area contributed by atoms with Gasteiger partial charge < -0.3 is 9.47 Å². The van der Waals surface area contributed by atoms with Gasteiger partial charge in [0.2, 0.25) is 0 Å². The quantitative estimate of drug-likeness (QED) is 0.208. The van der Waals surface area contributed by atoms with Gasteiger partial charge in [-0.1, -0.05) is 73.8 Å². The highest BCUT2D eigenvalue weighted by Crippen LogP contribution is 2.36. The Hall–Kier alpha value is -2.30. The summed E-state index contributed by atoms with van der Waals surface area (Å²) in [4.78, 5) is 0. The summed E-state index contributed by atoms with van der Waals surface area (Å²) in [5, 5.41) is 0. The number of hydrogen-bond donors (Lipinski definition) is 0. The summed E-state index contributed by atoms with van der Waals surface area (Å²) in [5.74, 6) is 1.63. The molecule has 3 aromatic carbocycles. The maximum absolute atomic E-state index is 5.99. The molecule has 4 heteroatoms. The molecule has 2 nitrogen and oxygen atoms in total. The fraction of sp³-hybridized carbons (Fsp3) is 0.214. The smallest absolute Gasteiger partial charge is 0.134 e. The fourth-order valence-electron chi connectivity index (χ4n) is 3.29. The van der Waals surface area contributed by atoms with E-state index in [1.807, 2.05) is 24.3 Å². The van der Waals surface area contributed by atoms with Crippen LogP contribution in [0.5, 0.6) is 11.5 Å². The van der Waals surface area contributed by atoms with Gasteiger partial charge in [0.25, 0.3) is 0 Å². The molecule has 0 radical (unpaired) electrons. The van der Waals surface area contributed by atoms with E-state index in [0.717, 1.165) is 57.3 Å². The van der Waals surface area contributed by atoms with E-state index in [4.69, 9.17) is 9.47 Å². The standard InChI is InChI=1S/C28H28Br2O2/c1-3-21-9-13-23(14-10-21)7-5-17-31-27-19-26(30)28(20-25(27)29)32-18-6-8-24-15-11-22(4-2)12-16-24/h3-4,9-16,19-20H,1-2,5-8,17-18H2. The lowest BCUT2D eigenvalue weighted by Crippen LogP contribution is -2.02. The van der Waals surface area contributed by atoms with Crippen molar-refractivity contribution in [1.82, 2.24) is 0 Å². The van der Waals surface area contributed by atoms with Crippen molar-refractivity contribution in [2.45, 2.75) is 25.7 Å². The largest absolute Gasteiger partial charge is 0.492 e. The van der Waals surface area contributed by atoms with Crippen molar-refractivity contribution in [1.29, 1.82) is 0 Å². The first-order valence-electron chi connectivity index (χ1n) is 10.8. The summed E-state index contributed by atoms with van der Waals surface area (Å²) in [7, 11) is 0. The van der Waals surface area contributed by atoms with Crippen molar-refractivity contribution in [3.05, 3.63) is 105 Å². The first-order valence-corrected chi connectivity index (χ1v) is 12.3. The molecular weight excluding hydrogens is 528 g/mol. The number of ether oxygens (including phenoxy) is 2. The highest BCUT2D eigenvalue weighted by molar-refractivity contribution is 9.11. The Morgan fingerprint density at radius 2 is 1.00 bits per heavy atom. The van der Waals surface area contributed by atoms with Gasteiger partial charge in [-0.25, -0.2) is 0 Å². The van der Waals surface area contributed by atoms with Crippen LogP contribution in [0.1, 0.15) is 35.1 Å². The molecule has 0 spiro atoms. The summed E-state index contributed by atoms with van der Waals surface area (Å²) >= 11 is 7.22. The number of aryl methyl sites for hydroxylation is 2. The van der Waals surface area contributed by atoms with Crippen molar-refractivity contribution in [3.63, 3.8) is 0 Å². The zero-order valence-electron chi connectivity index (χ0n) is 18.2. The van der Waals surface area contributed by atoms with Gasteiger partial charge in [-0.15, -0.1) is 0 Å². The molecule has 0 atom stereocenters. The van der Waals surface area contributed by atoms with E-state index in [9.17, 15) is 0 Å². The molecule has 0 heterocycles. The monoisotopic (exact) mass is 554 g/mol. The van der Waals surface area contributed by atoms with Crippen LogP contribution in [-0.4, -0.2) is 13.2 Å². The average molecular weight is 556 g/mol. The third kappa shape index (κ3) is 7.39. The zero-order chi connectivity index (χ0) is 22.8. The van der Waals surface area contributed by atoms with E-state index >= 15 is 0 Å². The lowest BCUT2D eigenvalue weighted by molar-refractivity contribution is 0.299. The van der Waals surface area contributed by atoms with Crippen molar-refractivity contribution in [2.24, 2.45) is 0 Å². The molecule has 166 valence electrons. The number of halogens is 2. The second-order valence-electron chi connectivity index (χ2n) is 7.51. The lowest BCUT2D eigenvalue weighted by atomic mass is 10.1. The summed E-state index contributed by atoms with van der Waals surface area (Å²) < 4.78 is 13.8. The molecule has 0 bridgehead atoms. The van der Waals surface area contributed by atoms with Gasteiger partial charge in [0.15, 0.2) is 0 Å². The Morgan fingerprint density at radius 1 is 0.625 bits per heavy atom. The van der Waals surface area contributed by atoms with Crippen LogP contribution >= 0.6 is 31.9 Å². The van der Waals surface area contributed by atoms with Gasteiger partial charge in [-0.05, 0) is 91.9 Å². The Bertz CT molecular complexity index is 939. The highest BCUT2D eigenvalue weighted by atomic mass is 79.9. The molecule has 0 aromatic heterocycles. The normalized spacial score (nSPS) is 10.6. The number of hydrogen-bond acceptors (Lipinski definition) is 2. The molecule has 0 N–H and O–H groups in total. The fourth-order valence-corrected chi connectivity index (χ4v) is 4.16. The van der Waals surface area contributed by atoms with Crippen LogP contribution in [0.2, 0.25) is 0 Å². The Morgan fingerprint density at radius 3 is 1.34 bits per heavy atom. The predicted octanol–water partition coefficient (Wildman–Crippen LogP) is 8.52. The van der Waals surface area contributed by atoms with Gasteiger partial charge in [0.1, 0.15) is 11.5 Å². The molecule has 0 aliphatic carbocycles. The predicted molar refractivity (Wildman–Crippen MR) is 143 cm³/mol. The van der Waals surface area contributed by atoms with Crippen molar-refractivity contribution < 1.29 is 9.47 Å². The summed E-state index contributed by atoms with van der Waals surface area (Å²) in [6.07, 6.45) is 7.57. The highest BCUT2D eigenvalue weighted by Gasteiger charge is 2.09. The minimum atomic E-state index is 0.652. The Labute approximate surface area is 208 Å². The van der Waals surface area contributed by atoms with Gasteiger partial charge in [0.05, 0.1) is 22.2 Å². The van der Waals surface area contributed by atoms with E-state index in [1.165, 1.54) is 11.1 Å². The van der Waals surface area contributed by atoms with Crippen LogP contribution in [-0.2, 0) is 12.8 Å². The van der Waals surface area contributed by atoms with Crippen LogP contribution in [0.3, 0.4) is 0 Å². The SMILES string of the molecule is C=Cc1ccc(CCCOc2cc(Br)c(OCCCc3ccc(C=C)cc3)cc2Br)cc1. The average Bonchev–Trinajstić information content (AvgIpc) is 2.82. The van der Waals surface area contributed by atoms with Crippen LogP contribution in [0.15, 0.2) is 82.8 Å². The van der Waals surface area contributed by atoms with Gasteiger partial charge >= 0.3 is 0 Å². The van der Waals surface area contributed by atoms with Crippen molar-refractivity contribution in [3.8, 4) is 11.5 Å². The van der Waals surface area contributed by atoms with Gasteiger partial charge in [-0.2, -0.15) is 0 Å². The van der Waals surface area contributed by atoms with Gasteiger partial charge in [-0.3, -0.25) is 0 Å². The van der Waals surface area contributed by atoms with E-state index in [1.54, 1.807) is 0 Å². The molecule has 0 aliphatic rings. The van der Waals surface area contributed by atoms with Crippen LogP contribution < -0.4 is 9.47 Å². The molecule has 0 aliphatic heterocycles. The topological polar surface area (TPSA) is 18.5 Å². The van der Waals surface area contributed by atoms with Crippen molar-refractivity contribution in [2.75, 3.05) is 13.2 Å². The van der Waals surface area contributed by atoms with Gasteiger partial charge in [0, 0.05) is 0 Å². The molecule has 0 amide bonds. The summed E-state index contributed by atoms with van der Waals surface area (Å²) in [6.45, 7) is 8.88. The molecule has 3 aromatic rings. The molecule has 0 saturated carbocycles. The van der Waals surface area contributed by atoms with Crippen LogP contribution in [0.25, 0.3) is 12.2 Å². The second-order valence-corrected chi connectivity index (χ2v) is 9.22. The first-order chi connectivity index (χ1) is 15.6. The maximum atomic E-state index is 5.99. The maximum Gasteiger partial charge on any atom is 0.134 e. The second kappa shape index (κ2) is 12.7. The summed E-state index contributed by atoms with van der Waals surface area (Å²) in [5.41, 5.74) is 4.89.